The smallest absolute Gasteiger partial charge is 0.264 e. The number of carbonyl (C=O) groups excluding carboxylic acids is 1. The third-order valence-corrected chi connectivity index (χ3v) is 7.02. The molecular formula is C23H30FN3O5S. The minimum absolute atomic E-state index is 0.0179. The van der Waals surface area contributed by atoms with Crippen LogP contribution in [-0.4, -0.2) is 65.2 Å². The molecule has 0 saturated carbocycles. The fourth-order valence-electron chi connectivity index (χ4n) is 3.60. The van der Waals surface area contributed by atoms with Gasteiger partial charge in [0.2, 0.25) is 0 Å². The van der Waals surface area contributed by atoms with Crippen LogP contribution >= 0.6 is 0 Å². The van der Waals surface area contributed by atoms with Gasteiger partial charge in [0, 0.05) is 39.0 Å². The van der Waals surface area contributed by atoms with Crippen molar-refractivity contribution in [2.75, 3.05) is 38.6 Å². The molecule has 33 heavy (non-hydrogen) atoms. The number of nitrogens with one attached hydrogen (secondary N) is 2. The fraction of sp³-hybridized carbons (Fsp3) is 0.435. The molecule has 2 aromatic carbocycles. The molecule has 3 rings (SSSR count). The van der Waals surface area contributed by atoms with Crippen molar-refractivity contribution in [1.29, 1.82) is 0 Å². The molecule has 1 aliphatic heterocycles. The van der Waals surface area contributed by atoms with Crippen LogP contribution in [0.15, 0.2) is 47.4 Å². The van der Waals surface area contributed by atoms with Gasteiger partial charge < -0.3 is 19.7 Å². The van der Waals surface area contributed by atoms with Crippen molar-refractivity contribution in [3.05, 3.63) is 53.8 Å². The molecule has 2 N–H and O–H groups in total. The van der Waals surface area contributed by atoms with Crippen LogP contribution in [0.3, 0.4) is 0 Å². The third-order valence-electron chi connectivity index (χ3n) is 5.60. The molecule has 10 heteroatoms. The summed E-state index contributed by atoms with van der Waals surface area (Å²) in [4.78, 5) is 14.3. The second-order valence-electron chi connectivity index (χ2n) is 8.30. The monoisotopic (exact) mass is 479 g/mol. The van der Waals surface area contributed by atoms with Gasteiger partial charge in [-0.1, -0.05) is 19.1 Å². The summed E-state index contributed by atoms with van der Waals surface area (Å²) in [5.74, 6) is -0.730. The molecule has 8 nitrogen and oxygen atoms in total. The topological polar surface area (TPSA) is 97.0 Å². The normalized spacial score (nSPS) is 22.5. The van der Waals surface area contributed by atoms with Crippen molar-refractivity contribution in [3.63, 3.8) is 0 Å². The van der Waals surface area contributed by atoms with Gasteiger partial charge in [0.1, 0.15) is 23.1 Å². The van der Waals surface area contributed by atoms with Gasteiger partial charge in [-0.3, -0.25) is 9.52 Å². The Labute approximate surface area is 194 Å². The Bertz CT molecular complexity index is 1100. The first kappa shape index (κ1) is 24.9. The first-order valence-electron chi connectivity index (χ1n) is 10.7. The van der Waals surface area contributed by atoms with Crippen LogP contribution < -0.4 is 14.8 Å². The van der Waals surface area contributed by atoms with E-state index in [1.165, 1.54) is 41.3 Å². The quantitative estimate of drug-likeness (QED) is 0.700. The lowest BCUT2D eigenvalue weighted by Crippen LogP contribution is -2.44. The number of amides is 1. The summed E-state index contributed by atoms with van der Waals surface area (Å²) < 4.78 is 53.3. The molecule has 180 valence electrons. The predicted molar refractivity (Wildman–Crippen MR) is 124 cm³/mol. The Morgan fingerprint density at radius 2 is 1.94 bits per heavy atom. The van der Waals surface area contributed by atoms with Crippen molar-refractivity contribution in [3.8, 4) is 5.75 Å². The highest BCUT2D eigenvalue weighted by Crippen LogP contribution is 2.27. The SMILES string of the molecule is CO[C@H]1CN(C)C(=O)c2cc(NS(=O)(=O)c3ccccc3F)ccc2OC[C@H](C)NC[C@H]1C. The Morgan fingerprint density at radius 3 is 2.64 bits per heavy atom. The largest absolute Gasteiger partial charge is 0.491 e. The highest BCUT2D eigenvalue weighted by atomic mass is 32.2. The van der Waals surface area contributed by atoms with E-state index in [-0.39, 0.29) is 35.2 Å². The van der Waals surface area contributed by atoms with Crippen LogP contribution in [0.25, 0.3) is 0 Å². The number of hydrogen-bond acceptors (Lipinski definition) is 6. The molecule has 1 amide bonds. The average Bonchev–Trinajstić information content (AvgIpc) is 2.78. The van der Waals surface area contributed by atoms with Gasteiger partial charge in [0.05, 0.1) is 11.7 Å². The molecule has 2 aromatic rings. The Hall–Kier alpha value is -2.69. The number of ether oxygens (including phenoxy) is 2. The number of carbonyl (C=O) groups is 1. The number of nitrogens with zero attached hydrogens (tertiary/aromatic N) is 1. The van der Waals surface area contributed by atoms with Crippen molar-refractivity contribution in [1.82, 2.24) is 10.2 Å². The minimum atomic E-state index is -4.19. The van der Waals surface area contributed by atoms with Gasteiger partial charge in [-0.15, -0.1) is 0 Å². The molecule has 0 radical (unpaired) electrons. The Kier molecular flexibility index (Phi) is 7.93. The van der Waals surface area contributed by atoms with Gasteiger partial charge in [0.25, 0.3) is 15.9 Å². The van der Waals surface area contributed by atoms with Crippen LogP contribution in [0, 0.1) is 11.7 Å². The highest BCUT2D eigenvalue weighted by molar-refractivity contribution is 7.92. The number of sulfonamides is 1. The van der Waals surface area contributed by atoms with E-state index in [1.807, 2.05) is 13.8 Å². The van der Waals surface area contributed by atoms with Crippen molar-refractivity contribution >= 4 is 21.6 Å². The van der Waals surface area contributed by atoms with Gasteiger partial charge in [-0.05, 0) is 43.2 Å². The van der Waals surface area contributed by atoms with Crippen LogP contribution in [0.4, 0.5) is 10.1 Å². The number of halogens is 1. The lowest BCUT2D eigenvalue weighted by Gasteiger charge is -2.30. The van der Waals surface area contributed by atoms with Crippen LogP contribution in [0.2, 0.25) is 0 Å². The minimum Gasteiger partial charge on any atom is -0.491 e. The zero-order chi connectivity index (χ0) is 24.2. The van der Waals surface area contributed by atoms with E-state index in [9.17, 15) is 17.6 Å². The third kappa shape index (κ3) is 6.01. The van der Waals surface area contributed by atoms with Crippen LogP contribution in [0.5, 0.6) is 5.75 Å². The summed E-state index contributed by atoms with van der Waals surface area (Å²) in [5.41, 5.74) is 0.318. The number of hydrogen-bond donors (Lipinski definition) is 2. The van der Waals surface area contributed by atoms with E-state index >= 15 is 0 Å². The number of fused-ring (bicyclic) bond motifs is 1. The second kappa shape index (κ2) is 10.5. The van der Waals surface area contributed by atoms with E-state index in [4.69, 9.17) is 9.47 Å². The summed E-state index contributed by atoms with van der Waals surface area (Å²) in [6.07, 6.45) is -0.190. The molecule has 0 fully saturated rings. The summed E-state index contributed by atoms with van der Waals surface area (Å²) in [6, 6.07) is 9.53. The molecule has 1 aliphatic rings. The van der Waals surface area contributed by atoms with Gasteiger partial charge >= 0.3 is 0 Å². The second-order valence-corrected chi connectivity index (χ2v) is 9.96. The zero-order valence-electron chi connectivity index (χ0n) is 19.2. The summed E-state index contributed by atoms with van der Waals surface area (Å²) in [6.45, 7) is 5.38. The molecule has 0 spiro atoms. The number of benzene rings is 2. The maximum absolute atomic E-state index is 14.0. The summed E-state index contributed by atoms with van der Waals surface area (Å²) in [5, 5.41) is 3.40. The number of rotatable bonds is 4. The molecule has 3 atom stereocenters. The maximum atomic E-state index is 14.0. The van der Waals surface area contributed by atoms with E-state index in [1.54, 1.807) is 14.2 Å². The first-order chi connectivity index (χ1) is 15.6. The molecule has 0 unspecified atom stereocenters. The highest BCUT2D eigenvalue weighted by Gasteiger charge is 2.26. The lowest BCUT2D eigenvalue weighted by atomic mass is 10.0. The van der Waals surface area contributed by atoms with Crippen LogP contribution in [-0.2, 0) is 14.8 Å². The molecule has 1 heterocycles. The van der Waals surface area contributed by atoms with Gasteiger partial charge in [-0.25, -0.2) is 12.8 Å². The zero-order valence-corrected chi connectivity index (χ0v) is 20.0. The fourth-order valence-corrected chi connectivity index (χ4v) is 4.73. The first-order valence-corrected chi connectivity index (χ1v) is 12.2. The number of methoxy groups -OCH3 is 1. The van der Waals surface area contributed by atoms with E-state index < -0.39 is 20.7 Å². The Morgan fingerprint density at radius 1 is 1.21 bits per heavy atom. The molecule has 0 saturated heterocycles. The van der Waals surface area contributed by atoms with Gasteiger partial charge in [-0.2, -0.15) is 0 Å². The van der Waals surface area contributed by atoms with Gasteiger partial charge in [0.15, 0.2) is 0 Å². The van der Waals surface area contributed by atoms with Crippen molar-refractivity contribution in [2.24, 2.45) is 5.92 Å². The van der Waals surface area contributed by atoms with Crippen molar-refractivity contribution < 1.29 is 27.1 Å². The lowest BCUT2D eigenvalue weighted by molar-refractivity contribution is 0.0281. The van der Waals surface area contributed by atoms with E-state index in [0.29, 0.717) is 25.4 Å². The predicted octanol–water partition coefficient (Wildman–Crippen LogP) is 2.72. The van der Waals surface area contributed by atoms with Crippen LogP contribution in [0.1, 0.15) is 24.2 Å². The maximum Gasteiger partial charge on any atom is 0.264 e. The standard InChI is InChI=1S/C23H30FN3O5S/c1-15-12-25-16(2)14-32-20-10-9-17(11-18(20)23(28)27(3)13-21(15)31-4)26-33(29,30)22-8-6-5-7-19(22)24/h5-11,15-16,21,25-26H,12-14H2,1-4H3/t15-,16+,21+/m1/s1. The van der Waals surface area contributed by atoms with E-state index in [2.05, 4.69) is 10.0 Å². The molecule has 0 bridgehead atoms. The number of anilines is 1. The summed E-state index contributed by atoms with van der Waals surface area (Å²) >= 11 is 0. The van der Waals surface area contributed by atoms with Crippen molar-refractivity contribution in [2.45, 2.75) is 30.9 Å². The molecular weight excluding hydrogens is 449 g/mol. The van der Waals surface area contributed by atoms with E-state index in [0.717, 1.165) is 6.07 Å². The number of likely N-dealkylation sites (N-methyl/N-ethyl adjacent to an activating group) is 1. The Balaban J connectivity index is 1.95. The summed E-state index contributed by atoms with van der Waals surface area (Å²) in [7, 11) is -0.923. The molecule has 0 aromatic heterocycles. The molecule has 0 aliphatic carbocycles. The average molecular weight is 480 g/mol.